The monoisotopic (exact) mass is 367 g/mol. The number of nitrogens with zero attached hydrogens (tertiary/aromatic N) is 3. The lowest BCUT2D eigenvalue weighted by molar-refractivity contribution is 0.687. The minimum atomic E-state index is -0.0453. The third kappa shape index (κ3) is 4.03. The molecular weight excluding hydrogens is 346 g/mol. The summed E-state index contributed by atoms with van der Waals surface area (Å²) in [6, 6.07) is 17.9. The molecule has 138 valence electrons. The van der Waals surface area contributed by atoms with E-state index in [4.69, 9.17) is 0 Å². The van der Waals surface area contributed by atoms with Crippen LogP contribution < -0.4 is 5.56 Å². The van der Waals surface area contributed by atoms with Crippen molar-refractivity contribution in [1.82, 2.24) is 9.55 Å². The molecule has 1 aromatic heterocycles. The molecule has 0 aliphatic carbocycles. The molecule has 0 amide bonds. The summed E-state index contributed by atoms with van der Waals surface area (Å²) in [4.78, 5) is 17.3. The Kier molecular flexibility index (Phi) is 6.04. The molecule has 0 bridgehead atoms. The van der Waals surface area contributed by atoms with Gasteiger partial charge in [0.25, 0.3) is 5.56 Å². The number of benzene rings is 2. The second-order valence-corrected chi connectivity index (χ2v) is 6.40. The zero-order valence-electron chi connectivity index (χ0n) is 16.1. The standard InChI is InChI=1S/C24H21N3O/c1-3-5-11-23-22(24(28)27(4-2)17-26-23)15-18-12-13-21(20(14-18)16-25)19-9-7-6-8-10-19/h6-10,12-14,17H,4,11,15H2,1-2H3. The minimum absolute atomic E-state index is 0.0453. The summed E-state index contributed by atoms with van der Waals surface area (Å²) < 4.78 is 1.60. The number of nitriles is 1. The van der Waals surface area contributed by atoms with Crippen LogP contribution in [0.25, 0.3) is 11.1 Å². The van der Waals surface area contributed by atoms with Crippen molar-refractivity contribution in [1.29, 1.82) is 5.26 Å². The first-order valence-corrected chi connectivity index (χ1v) is 9.23. The number of hydrogen-bond acceptors (Lipinski definition) is 3. The molecule has 0 atom stereocenters. The van der Waals surface area contributed by atoms with Gasteiger partial charge in [0.15, 0.2) is 0 Å². The van der Waals surface area contributed by atoms with E-state index < -0.39 is 0 Å². The van der Waals surface area contributed by atoms with Gasteiger partial charge in [-0.05, 0) is 36.6 Å². The van der Waals surface area contributed by atoms with Crippen LogP contribution >= 0.6 is 0 Å². The second-order valence-electron chi connectivity index (χ2n) is 6.40. The van der Waals surface area contributed by atoms with Crippen LogP contribution in [0.2, 0.25) is 0 Å². The molecule has 0 fully saturated rings. The van der Waals surface area contributed by atoms with Crippen molar-refractivity contribution in [2.45, 2.75) is 33.2 Å². The van der Waals surface area contributed by atoms with E-state index >= 15 is 0 Å². The average Bonchev–Trinajstić information content (AvgIpc) is 2.74. The molecule has 0 saturated carbocycles. The molecule has 0 radical (unpaired) electrons. The van der Waals surface area contributed by atoms with E-state index in [9.17, 15) is 10.1 Å². The lowest BCUT2D eigenvalue weighted by atomic mass is 9.95. The largest absolute Gasteiger partial charge is 0.299 e. The van der Waals surface area contributed by atoms with E-state index in [-0.39, 0.29) is 5.56 Å². The summed E-state index contributed by atoms with van der Waals surface area (Å²) in [7, 11) is 0. The normalized spacial score (nSPS) is 10.0. The molecule has 1 heterocycles. The van der Waals surface area contributed by atoms with Crippen LogP contribution in [-0.4, -0.2) is 9.55 Å². The smallest absolute Gasteiger partial charge is 0.257 e. The topological polar surface area (TPSA) is 58.7 Å². The van der Waals surface area contributed by atoms with Crippen molar-refractivity contribution < 1.29 is 0 Å². The molecule has 0 unspecified atom stereocenters. The van der Waals surface area contributed by atoms with Crippen molar-refractivity contribution in [3.63, 3.8) is 0 Å². The van der Waals surface area contributed by atoms with Crippen LogP contribution in [0.5, 0.6) is 0 Å². The highest BCUT2D eigenvalue weighted by atomic mass is 16.1. The quantitative estimate of drug-likeness (QED) is 0.642. The van der Waals surface area contributed by atoms with Crippen LogP contribution in [0.15, 0.2) is 59.7 Å². The van der Waals surface area contributed by atoms with Gasteiger partial charge >= 0.3 is 0 Å². The average molecular weight is 367 g/mol. The third-order valence-corrected chi connectivity index (χ3v) is 4.66. The van der Waals surface area contributed by atoms with Gasteiger partial charge in [0.1, 0.15) is 0 Å². The minimum Gasteiger partial charge on any atom is -0.299 e. The zero-order valence-corrected chi connectivity index (χ0v) is 16.1. The second kappa shape index (κ2) is 8.84. The maximum absolute atomic E-state index is 12.8. The van der Waals surface area contributed by atoms with E-state index in [1.165, 1.54) is 0 Å². The fourth-order valence-corrected chi connectivity index (χ4v) is 3.16. The highest BCUT2D eigenvalue weighted by Gasteiger charge is 2.13. The van der Waals surface area contributed by atoms with Crippen molar-refractivity contribution >= 4 is 0 Å². The molecule has 0 aliphatic heterocycles. The van der Waals surface area contributed by atoms with Gasteiger partial charge in [0.05, 0.1) is 30.1 Å². The molecule has 3 rings (SSSR count). The molecule has 2 aromatic carbocycles. The van der Waals surface area contributed by atoms with Crippen LogP contribution in [-0.2, 0) is 19.4 Å². The van der Waals surface area contributed by atoms with E-state index in [2.05, 4.69) is 22.9 Å². The Hall–Kier alpha value is -3.63. The zero-order chi connectivity index (χ0) is 19.9. The van der Waals surface area contributed by atoms with Crippen LogP contribution in [0, 0.1) is 23.2 Å². The van der Waals surface area contributed by atoms with Crippen molar-refractivity contribution in [3.05, 3.63) is 87.6 Å². The SMILES string of the molecule is CC#CCc1ncn(CC)c(=O)c1Cc1ccc(-c2ccccc2)c(C#N)c1. The summed E-state index contributed by atoms with van der Waals surface area (Å²) in [6.45, 7) is 4.25. The molecule has 28 heavy (non-hydrogen) atoms. The molecule has 0 aliphatic rings. The summed E-state index contributed by atoms with van der Waals surface area (Å²) >= 11 is 0. The Balaban J connectivity index is 2.03. The summed E-state index contributed by atoms with van der Waals surface area (Å²) in [5.74, 6) is 5.85. The van der Waals surface area contributed by atoms with Gasteiger partial charge in [-0.15, -0.1) is 5.92 Å². The summed E-state index contributed by atoms with van der Waals surface area (Å²) in [5, 5.41) is 9.63. The van der Waals surface area contributed by atoms with E-state index in [0.717, 1.165) is 16.7 Å². The highest BCUT2D eigenvalue weighted by Crippen LogP contribution is 2.25. The number of hydrogen-bond donors (Lipinski definition) is 0. The van der Waals surface area contributed by atoms with E-state index in [1.807, 2.05) is 55.5 Å². The van der Waals surface area contributed by atoms with Gasteiger partial charge in [-0.3, -0.25) is 9.36 Å². The lowest BCUT2D eigenvalue weighted by Gasteiger charge is -2.11. The van der Waals surface area contributed by atoms with Crippen LogP contribution in [0.4, 0.5) is 0 Å². The molecule has 4 nitrogen and oxygen atoms in total. The molecule has 4 heteroatoms. The Labute approximate surface area is 165 Å². The predicted octanol–water partition coefficient (Wildman–Crippen LogP) is 3.96. The van der Waals surface area contributed by atoms with Gasteiger partial charge in [-0.2, -0.15) is 5.26 Å². The molecule has 0 saturated heterocycles. The highest BCUT2D eigenvalue weighted by molar-refractivity contribution is 5.71. The first-order valence-electron chi connectivity index (χ1n) is 9.23. The van der Waals surface area contributed by atoms with Gasteiger partial charge < -0.3 is 0 Å². The van der Waals surface area contributed by atoms with E-state index in [0.29, 0.717) is 36.2 Å². The molecular formula is C24H21N3O. The van der Waals surface area contributed by atoms with Gasteiger partial charge in [0, 0.05) is 18.5 Å². The van der Waals surface area contributed by atoms with Gasteiger partial charge in [0.2, 0.25) is 0 Å². The number of aryl methyl sites for hydroxylation is 1. The van der Waals surface area contributed by atoms with Crippen LogP contribution in [0.3, 0.4) is 0 Å². The number of rotatable bonds is 5. The van der Waals surface area contributed by atoms with Gasteiger partial charge in [-0.1, -0.05) is 48.4 Å². The Bertz CT molecular complexity index is 1140. The summed E-state index contributed by atoms with van der Waals surface area (Å²) in [5.41, 5.74) is 4.70. The van der Waals surface area contributed by atoms with Crippen molar-refractivity contribution in [2.75, 3.05) is 0 Å². The lowest BCUT2D eigenvalue weighted by Crippen LogP contribution is -2.26. The summed E-state index contributed by atoms with van der Waals surface area (Å²) in [6.07, 6.45) is 2.45. The maximum atomic E-state index is 12.8. The first kappa shape index (κ1) is 19.1. The van der Waals surface area contributed by atoms with E-state index in [1.54, 1.807) is 17.8 Å². The van der Waals surface area contributed by atoms with Crippen molar-refractivity contribution in [2.24, 2.45) is 0 Å². The molecule has 3 aromatic rings. The van der Waals surface area contributed by atoms with Crippen LogP contribution in [0.1, 0.15) is 36.2 Å². The Morgan fingerprint density at radius 3 is 2.61 bits per heavy atom. The third-order valence-electron chi connectivity index (χ3n) is 4.66. The maximum Gasteiger partial charge on any atom is 0.257 e. The fraction of sp³-hybridized carbons (Fsp3) is 0.208. The molecule has 0 spiro atoms. The van der Waals surface area contributed by atoms with Crippen molar-refractivity contribution in [3.8, 4) is 29.0 Å². The Morgan fingerprint density at radius 2 is 1.93 bits per heavy atom. The Morgan fingerprint density at radius 1 is 1.14 bits per heavy atom. The fourth-order valence-electron chi connectivity index (χ4n) is 3.16. The number of aromatic nitrogens is 2. The predicted molar refractivity (Wildman–Crippen MR) is 111 cm³/mol. The first-order chi connectivity index (χ1) is 13.7. The van der Waals surface area contributed by atoms with Gasteiger partial charge in [-0.25, -0.2) is 4.98 Å². The molecule has 0 N–H and O–H groups in total.